The Morgan fingerprint density at radius 3 is 1.79 bits per heavy atom. The van der Waals surface area contributed by atoms with Gasteiger partial charge in [-0.25, -0.2) is 4.79 Å². The van der Waals surface area contributed by atoms with Gasteiger partial charge < -0.3 is 53.4 Å². The van der Waals surface area contributed by atoms with Crippen molar-refractivity contribution in [1.29, 1.82) is 0 Å². The number of thiol groups is 1. The second-order valence-electron chi connectivity index (χ2n) is 8.97. The van der Waals surface area contributed by atoms with Crippen LogP contribution in [-0.4, -0.2) is 109 Å². The number of methoxy groups -OCH3 is 1. The van der Waals surface area contributed by atoms with Crippen molar-refractivity contribution in [2.45, 2.75) is 81.8 Å². The van der Waals surface area contributed by atoms with Crippen LogP contribution in [0.5, 0.6) is 0 Å². The van der Waals surface area contributed by atoms with Crippen molar-refractivity contribution in [2.24, 2.45) is 17.2 Å². The van der Waals surface area contributed by atoms with Crippen molar-refractivity contribution in [3.63, 3.8) is 0 Å². The lowest BCUT2D eigenvalue weighted by atomic mass is 10.1. The quantitative estimate of drug-likeness (QED) is 0.0377. The lowest BCUT2D eigenvalue weighted by Crippen LogP contribution is -2.61. The van der Waals surface area contributed by atoms with E-state index in [1.165, 1.54) is 6.92 Å². The molecular weight excluding hydrogens is 534 g/mol. The van der Waals surface area contributed by atoms with Crippen LogP contribution < -0.4 is 38.5 Å². The number of carbonyl (C=O) groups is 5. The van der Waals surface area contributed by atoms with E-state index >= 15 is 0 Å². The molecule has 0 saturated carbocycles. The van der Waals surface area contributed by atoms with Crippen molar-refractivity contribution in [3.8, 4) is 0 Å². The molecule has 0 aromatic carbocycles. The summed E-state index contributed by atoms with van der Waals surface area (Å²) in [6.45, 7) is 1.27. The molecule has 0 saturated heterocycles. The first-order valence-corrected chi connectivity index (χ1v) is 13.4. The number of unbranched alkanes of at least 4 members (excludes halogenated alkanes) is 2. The standard InChI is InChI=1S/C23H45N7O8S/c1-13(32)18(22(36)29-17(12-39)23(37)38-2)30-20(34)15(8-4-6-10-25)27-21(35)16(11-31)28-19(33)14(26)7-3-5-9-24/h13-18,31-32,39H,3-12,24-26H2,1-2H3,(H,27,35)(H,28,33)(H,29,36)(H,30,34)/t13-,14+,15+,16+,17+,18+/m1/s1. The van der Waals surface area contributed by atoms with Gasteiger partial charge in [-0.3, -0.25) is 19.2 Å². The fourth-order valence-corrected chi connectivity index (χ4v) is 3.63. The van der Waals surface area contributed by atoms with E-state index in [0.717, 1.165) is 7.11 Å². The van der Waals surface area contributed by atoms with Gasteiger partial charge in [0, 0.05) is 5.75 Å². The zero-order chi connectivity index (χ0) is 30.0. The van der Waals surface area contributed by atoms with Gasteiger partial charge in [-0.1, -0.05) is 6.42 Å². The summed E-state index contributed by atoms with van der Waals surface area (Å²) < 4.78 is 4.59. The molecule has 0 unspecified atom stereocenters. The van der Waals surface area contributed by atoms with Crippen LogP contribution in [0, 0.1) is 0 Å². The Bertz CT molecular complexity index is 790. The molecule has 39 heavy (non-hydrogen) atoms. The van der Waals surface area contributed by atoms with E-state index in [-0.39, 0.29) is 12.2 Å². The Hall–Kier alpha value is -2.50. The highest BCUT2D eigenvalue weighted by atomic mass is 32.1. The second-order valence-corrected chi connectivity index (χ2v) is 9.34. The predicted octanol–water partition coefficient (Wildman–Crippen LogP) is -4.01. The van der Waals surface area contributed by atoms with E-state index in [0.29, 0.717) is 45.2 Å². The maximum absolute atomic E-state index is 13.1. The normalized spacial score (nSPS) is 15.6. The van der Waals surface area contributed by atoms with Gasteiger partial charge in [-0.2, -0.15) is 12.6 Å². The highest BCUT2D eigenvalue weighted by molar-refractivity contribution is 7.80. The molecule has 0 aliphatic heterocycles. The Balaban J connectivity index is 5.51. The molecule has 0 spiro atoms. The van der Waals surface area contributed by atoms with Crippen molar-refractivity contribution in [3.05, 3.63) is 0 Å². The first-order valence-electron chi connectivity index (χ1n) is 12.8. The third-order valence-corrected chi connectivity index (χ3v) is 6.11. The molecule has 0 aliphatic rings. The summed E-state index contributed by atoms with van der Waals surface area (Å²) in [5, 5.41) is 29.4. The number of hydrogen-bond donors (Lipinski definition) is 10. The number of ether oxygens (including phenoxy) is 1. The average Bonchev–Trinajstić information content (AvgIpc) is 2.91. The third kappa shape index (κ3) is 13.9. The first kappa shape index (κ1) is 36.5. The van der Waals surface area contributed by atoms with Crippen LogP contribution in [0.25, 0.3) is 0 Å². The van der Waals surface area contributed by atoms with Gasteiger partial charge in [-0.15, -0.1) is 0 Å². The Morgan fingerprint density at radius 2 is 1.31 bits per heavy atom. The fourth-order valence-electron chi connectivity index (χ4n) is 3.39. The Kier molecular flexibility index (Phi) is 19.1. The van der Waals surface area contributed by atoms with Crippen LogP contribution in [0.15, 0.2) is 0 Å². The van der Waals surface area contributed by atoms with Crippen molar-refractivity contribution >= 4 is 42.2 Å². The molecule has 0 bridgehead atoms. The number of amides is 4. The zero-order valence-electron chi connectivity index (χ0n) is 22.6. The van der Waals surface area contributed by atoms with E-state index in [9.17, 15) is 34.2 Å². The molecule has 0 aromatic rings. The summed E-state index contributed by atoms with van der Waals surface area (Å²) in [6, 6.07) is -6.13. The molecule has 4 amide bonds. The fraction of sp³-hybridized carbons (Fsp3) is 0.783. The minimum Gasteiger partial charge on any atom is -0.467 e. The molecular formula is C23H45N7O8S. The molecule has 226 valence electrons. The number of aliphatic hydroxyl groups excluding tert-OH is 2. The highest BCUT2D eigenvalue weighted by Gasteiger charge is 2.33. The van der Waals surface area contributed by atoms with Crippen LogP contribution in [0.2, 0.25) is 0 Å². The van der Waals surface area contributed by atoms with E-state index < -0.39 is 72.5 Å². The molecule has 6 atom stereocenters. The summed E-state index contributed by atoms with van der Waals surface area (Å²) in [6.07, 6.45) is 1.30. The number of nitrogens with one attached hydrogen (secondary N) is 4. The molecule has 0 fully saturated rings. The summed E-state index contributed by atoms with van der Waals surface area (Å²) >= 11 is 3.99. The van der Waals surface area contributed by atoms with Crippen LogP contribution in [0.3, 0.4) is 0 Å². The average molecular weight is 580 g/mol. The van der Waals surface area contributed by atoms with Gasteiger partial charge in [0.25, 0.3) is 0 Å². The third-order valence-electron chi connectivity index (χ3n) is 5.75. The van der Waals surface area contributed by atoms with E-state index in [1.54, 1.807) is 0 Å². The lowest BCUT2D eigenvalue weighted by molar-refractivity contribution is -0.145. The molecule has 15 nitrogen and oxygen atoms in total. The van der Waals surface area contributed by atoms with Gasteiger partial charge in [0.15, 0.2) is 0 Å². The number of carbonyl (C=O) groups excluding carboxylic acids is 5. The molecule has 0 rings (SSSR count). The van der Waals surface area contributed by atoms with E-state index in [4.69, 9.17) is 17.2 Å². The highest BCUT2D eigenvalue weighted by Crippen LogP contribution is 2.05. The van der Waals surface area contributed by atoms with Crippen LogP contribution in [0.1, 0.15) is 45.4 Å². The summed E-state index contributed by atoms with van der Waals surface area (Å²) in [7, 11) is 1.13. The van der Waals surface area contributed by atoms with Crippen LogP contribution >= 0.6 is 12.6 Å². The molecule has 0 aromatic heterocycles. The minimum atomic E-state index is -1.49. The van der Waals surface area contributed by atoms with Crippen molar-refractivity contribution in [1.82, 2.24) is 21.3 Å². The first-order chi connectivity index (χ1) is 18.5. The number of nitrogens with two attached hydrogens (primary N) is 3. The maximum Gasteiger partial charge on any atom is 0.329 e. The molecule has 0 aliphatic carbocycles. The Labute approximate surface area is 234 Å². The van der Waals surface area contributed by atoms with Gasteiger partial charge >= 0.3 is 5.97 Å². The molecule has 0 heterocycles. The van der Waals surface area contributed by atoms with Crippen LogP contribution in [0.4, 0.5) is 0 Å². The zero-order valence-corrected chi connectivity index (χ0v) is 23.5. The van der Waals surface area contributed by atoms with Gasteiger partial charge in [0.1, 0.15) is 24.2 Å². The lowest BCUT2D eigenvalue weighted by Gasteiger charge is -2.27. The van der Waals surface area contributed by atoms with Gasteiger partial charge in [-0.05, 0) is 52.1 Å². The van der Waals surface area contributed by atoms with Gasteiger partial charge in [0.2, 0.25) is 23.6 Å². The summed E-state index contributed by atoms with van der Waals surface area (Å²) in [5.74, 6) is -4.06. The monoisotopic (exact) mass is 579 g/mol. The van der Waals surface area contributed by atoms with Crippen molar-refractivity contribution < 1.29 is 38.9 Å². The minimum absolute atomic E-state index is 0.0956. The Morgan fingerprint density at radius 1 is 0.795 bits per heavy atom. The summed E-state index contributed by atoms with van der Waals surface area (Å²) in [5.41, 5.74) is 16.8. The summed E-state index contributed by atoms with van der Waals surface area (Å²) in [4.78, 5) is 62.8. The SMILES string of the molecule is COC(=O)[C@H](CS)NC(=O)[C@@H](NC(=O)[C@H](CCCCN)NC(=O)[C@H](CO)NC(=O)[C@@H](N)CCCCN)[C@@H](C)O. The topological polar surface area (TPSA) is 261 Å². The molecule has 0 radical (unpaired) electrons. The second kappa shape index (κ2) is 20.4. The maximum atomic E-state index is 13.1. The smallest absolute Gasteiger partial charge is 0.329 e. The van der Waals surface area contributed by atoms with Gasteiger partial charge in [0.05, 0.1) is 25.9 Å². The largest absolute Gasteiger partial charge is 0.467 e. The number of rotatable bonds is 20. The molecule has 16 heteroatoms. The number of esters is 1. The predicted molar refractivity (Wildman–Crippen MR) is 146 cm³/mol. The number of aliphatic hydroxyl groups is 2. The van der Waals surface area contributed by atoms with Crippen molar-refractivity contribution in [2.75, 3.05) is 32.6 Å². The molecule has 12 N–H and O–H groups in total. The van der Waals surface area contributed by atoms with E-state index in [1.807, 2.05) is 0 Å². The number of hydrogen-bond acceptors (Lipinski definition) is 12. The van der Waals surface area contributed by atoms with E-state index in [2.05, 4.69) is 38.6 Å². The van der Waals surface area contributed by atoms with Crippen LogP contribution in [-0.2, 0) is 28.7 Å².